The van der Waals surface area contributed by atoms with Crippen molar-refractivity contribution in [1.82, 2.24) is 9.88 Å². The van der Waals surface area contributed by atoms with E-state index in [9.17, 15) is 4.79 Å². The summed E-state index contributed by atoms with van der Waals surface area (Å²) in [6, 6.07) is 3.78. The molecule has 1 unspecified atom stereocenters. The number of likely N-dealkylation sites (tertiary alicyclic amines) is 1. The van der Waals surface area contributed by atoms with Crippen LogP contribution < -0.4 is 5.32 Å². The fraction of sp³-hybridized carbons (Fsp3) is 0.684. The lowest BCUT2D eigenvalue weighted by atomic mass is 9.98. The molecule has 25 heavy (non-hydrogen) atoms. The van der Waals surface area contributed by atoms with Crippen molar-refractivity contribution >= 4 is 11.7 Å². The fourth-order valence-corrected chi connectivity index (χ4v) is 3.63. The third-order valence-corrected chi connectivity index (χ3v) is 5.13. The van der Waals surface area contributed by atoms with Crippen LogP contribution in [-0.2, 0) is 9.47 Å². The SMILES string of the molecule is COCC1CCCN(C(=O)c2ccc(NCC3CCOCC3)nc2)C1. The molecule has 1 aromatic rings. The molecule has 6 heteroatoms. The predicted molar refractivity (Wildman–Crippen MR) is 96.8 cm³/mol. The first-order chi connectivity index (χ1) is 12.3. The van der Waals surface area contributed by atoms with E-state index in [1.54, 1.807) is 13.3 Å². The van der Waals surface area contributed by atoms with E-state index >= 15 is 0 Å². The molecule has 138 valence electrons. The standard InChI is InChI=1S/C19H29N3O3/c1-24-14-16-3-2-8-22(13-16)19(23)17-4-5-18(21-12-17)20-11-15-6-9-25-10-7-15/h4-5,12,15-16H,2-3,6-11,13-14H2,1H3,(H,20,21). The second-order valence-corrected chi connectivity index (χ2v) is 7.08. The highest BCUT2D eigenvalue weighted by molar-refractivity contribution is 5.94. The fourth-order valence-electron chi connectivity index (χ4n) is 3.63. The molecule has 0 spiro atoms. The number of piperidine rings is 1. The molecule has 1 N–H and O–H groups in total. The van der Waals surface area contributed by atoms with Gasteiger partial charge in [-0.05, 0) is 49.7 Å². The molecule has 0 saturated carbocycles. The number of ether oxygens (including phenoxy) is 2. The first kappa shape index (κ1) is 18.1. The minimum absolute atomic E-state index is 0.0734. The van der Waals surface area contributed by atoms with Crippen molar-refractivity contribution in [2.75, 3.05) is 51.9 Å². The summed E-state index contributed by atoms with van der Waals surface area (Å²) in [7, 11) is 1.72. The van der Waals surface area contributed by atoms with Gasteiger partial charge in [0.25, 0.3) is 5.91 Å². The Morgan fingerprint density at radius 1 is 1.32 bits per heavy atom. The minimum atomic E-state index is 0.0734. The summed E-state index contributed by atoms with van der Waals surface area (Å²) in [5.41, 5.74) is 0.662. The van der Waals surface area contributed by atoms with Gasteiger partial charge in [0.2, 0.25) is 0 Å². The molecule has 2 fully saturated rings. The average molecular weight is 347 g/mol. The first-order valence-corrected chi connectivity index (χ1v) is 9.32. The van der Waals surface area contributed by atoms with Gasteiger partial charge in [0, 0.05) is 46.2 Å². The lowest BCUT2D eigenvalue weighted by Crippen LogP contribution is -2.41. The Bertz CT molecular complexity index is 541. The number of carbonyl (C=O) groups is 1. The largest absolute Gasteiger partial charge is 0.384 e. The van der Waals surface area contributed by atoms with Crippen molar-refractivity contribution in [3.63, 3.8) is 0 Å². The number of methoxy groups -OCH3 is 1. The number of hydrogen-bond acceptors (Lipinski definition) is 5. The maximum absolute atomic E-state index is 12.7. The van der Waals surface area contributed by atoms with Crippen molar-refractivity contribution in [2.24, 2.45) is 11.8 Å². The second kappa shape index (κ2) is 9.15. The second-order valence-electron chi connectivity index (χ2n) is 7.08. The van der Waals surface area contributed by atoms with Crippen LogP contribution in [0.1, 0.15) is 36.0 Å². The van der Waals surface area contributed by atoms with E-state index in [0.717, 1.165) is 71.0 Å². The van der Waals surface area contributed by atoms with Gasteiger partial charge in [0.05, 0.1) is 12.2 Å². The molecule has 0 aliphatic carbocycles. The summed E-state index contributed by atoms with van der Waals surface area (Å²) in [4.78, 5) is 19.0. The zero-order valence-electron chi connectivity index (χ0n) is 15.1. The Balaban J connectivity index is 1.51. The summed E-state index contributed by atoms with van der Waals surface area (Å²) in [6.45, 7) is 4.94. The number of pyridine rings is 1. The number of amides is 1. The minimum Gasteiger partial charge on any atom is -0.384 e. The normalized spacial score (nSPS) is 22.0. The predicted octanol–water partition coefficient (Wildman–Crippen LogP) is 2.42. The molecule has 1 amide bonds. The van der Waals surface area contributed by atoms with Crippen LogP contribution in [0.15, 0.2) is 18.3 Å². The van der Waals surface area contributed by atoms with Gasteiger partial charge in [-0.15, -0.1) is 0 Å². The monoisotopic (exact) mass is 347 g/mol. The Morgan fingerprint density at radius 2 is 2.16 bits per heavy atom. The van der Waals surface area contributed by atoms with E-state index in [1.807, 2.05) is 17.0 Å². The van der Waals surface area contributed by atoms with Crippen LogP contribution in [0.4, 0.5) is 5.82 Å². The van der Waals surface area contributed by atoms with Crippen LogP contribution in [-0.4, -0.2) is 62.4 Å². The molecule has 0 aromatic carbocycles. The zero-order chi connectivity index (χ0) is 17.5. The third kappa shape index (κ3) is 5.16. The lowest BCUT2D eigenvalue weighted by molar-refractivity contribution is 0.0570. The number of hydrogen-bond donors (Lipinski definition) is 1. The quantitative estimate of drug-likeness (QED) is 0.856. The molecule has 6 nitrogen and oxygen atoms in total. The lowest BCUT2D eigenvalue weighted by Gasteiger charge is -2.32. The zero-order valence-corrected chi connectivity index (χ0v) is 15.1. The van der Waals surface area contributed by atoms with Crippen LogP contribution in [0.25, 0.3) is 0 Å². The first-order valence-electron chi connectivity index (χ1n) is 9.32. The van der Waals surface area contributed by atoms with Gasteiger partial charge in [-0.25, -0.2) is 4.98 Å². The van der Waals surface area contributed by atoms with Crippen molar-refractivity contribution in [3.8, 4) is 0 Å². The maximum Gasteiger partial charge on any atom is 0.255 e. The Kier molecular flexibility index (Phi) is 6.64. The van der Waals surface area contributed by atoms with Gasteiger partial charge in [0.15, 0.2) is 0 Å². The highest BCUT2D eigenvalue weighted by atomic mass is 16.5. The van der Waals surface area contributed by atoms with Gasteiger partial charge < -0.3 is 19.7 Å². The van der Waals surface area contributed by atoms with E-state index in [2.05, 4.69) is 10.3 Å². The Morgan fingerprint density at radius 3 is 2.88 bits per heavy atom. The molecule has 3 rings (SSSR count). The van der Waals surface area contributed by atoms with Crippen molar-refractivity contribution in [1.29, 1.82) is 0 Å². The van der Waals surface area contributed by atoms with Crippen LogP contribution >= 0.6 is 0 Å². The summed E-state index contributed by atoms with van der Waals surface area (Å²) in [5, 5.41) is 3.38. The van der Waals surface area contributed by atoms with Crippen LogP contribution in [0, 0.1) is 11.8 Å². The number of rotatable bonds is 6. The molecule has 2 aliphatic heterocycles. The van der Waals surface area contributed by atoms with Crippen LogP contribution in [0.2, 0.25) is 0 Å². The van der Waals surface area contributed by atoms with Crippen molar-refractivity contribution < 1.29 is 14.3 Å². The Hall–Kier alpha value is -1.66. The third-order valence-electron chi connectivity index (χ3n) is 5.13. The summed E-state index contributed by atoms with van der Waals surface area (Å²) in [5.74, 6) is 1.99. The number of carbonyl (C=O) groups excluding carboxylic acids is 1. The molecule has 3 heterocycles. The summed E-state index contributed by atoms with van der Waals surface area (Å²) < 4.78 is 10.6. The van der Waals surface area contributed by atoms with Gasteiger partial charge in [-0.3, -0.25) is 4.79 Å². The van der Waals surface area contributed by atoms with E-state index in [4.69, 9.17) is 9.47 Å². The average Bonchev–Trinajstić information content (AvgIpc) is 2.67. The van der Waals surface area contributed by atoms with Gasteiger partial charge in [0.1, 0.15) is 5.82 Å². The van der Waals surface area contributed by atoms with Crippen molar-refractivity contribution in [2.45, 2.75) is 25.7 Å². The molecule has 2 aliphatic rings. The molecule has 1 atom stereocenters. The highest BCUT2D eigenvalue weighted by Crippen LogP contribution is 2.19. The van der Waals surface area contributed by atoms with Gasteiger partial charge in [-0.1, -0.05) is 0 Å². The van der Waals surface area contributed by atoms with E-state index in [0.29, 0.717) is 17.4 Å². The number of nitrogens with zero attached hydrogens (tertiary/aromatic N) is 2. The summed E-state index contributed by atoms with van der Waals surface area (Å²) in [6.07, 6.45) is 6.06. The molecule has 1 aromatic heterocycles. The summed E-state index contributed by atoms with van der Waals surface area (Å²) >= 11 is 0. The topological polar surface area (TPSA) is 63.7 Å². The maximum atomic E-state index is 12.7. The molecular weight excluding hydrogens is 318 g/mol. The smallest absolute Gasteiger partial charge is 0.255 e. The van der Waals surface area contributed by atoms with E-state index in [1.165, 1.54) is 0 Å². The highest BCUT2D eigenvalue weighted by Gasteiger charge is 2.24. The van der Waals surface area contributed by atoms with Crippen molar-refractivity contribution in [3.05, 3.63) is 23.9 Å². The Labute approximate surface area is 149 Å². The molecule has 0 bridgehead atoms. The molecular formula is C19H29N3O3. The molecule has 0 radical (unpaired) electrons. The number of anilines is 1. The van der Waals surface area contributed by atoms with E-state index < -0.39 is 0 Å². The van der Waals surface area contributed by atoms with Crippen LogP contribution in [0.5, 0.6) is 0 Å². The molecule has 2 saturated heterocycles. The van der Waals surface area contributed by atoms with Crippen LogP contribution in [0.3, 0.4) is 0 Å². The number of aromatic nitrogens is 1. The van der Waals surface area contributed by atoms with E-state index in [-0.39, 0.29) is 5.91 Å². The van der Waals surface area contributed by atoms with Gasteiger partial charge >= 0.3 is 0 Å². The number of nitrogens with one attached hydrogen (secondary N) is 1. The van der Waals surface area contributed by atoms with Gasteiger partial charge in [-0.2, -0.15) is 0 Å².